The molecule has 106 valence electrons. The molecule has 1 aromatic carbocycles. The number of amides is 1. The van der Waals surface area contributed by atoms with E-state index in [0.717, 1.165) is 5.16 Å². The first kappa shape index (κ1) is 14.3. The summed E-state index contributed by atoms with van der Waals surface area (Å²) in [6.45, 7) is 0. The second-order valence-corrected chi connectivity index (χ2v) is 5.17. The van der Waals surface area contributed by atoms with E-state index in [1.807, 2.05) is 7.05 Å². The predicted octanol–water partition coefficient (Wildman–Crippen LogP) is 1.66. The molecule has 0 aliphatic rings. The Morgan fingerprint density at radius 2 is 2.35 bits per heavy atom. The number of aryl methyl sites for hydroxylation is 1. The summed E-state index contributed by atoms with van der Waals surface area (Å²) in [6, 6.07) is 4.09. The Kier molecular flexibility index (Phi) is 4.57. The fraction of sp³-hybridized carbons (Fsp3) is 0.250. The highest BCUT2D eigenvalue weighted by atomic mass is 32.2. The van der Waals surface area contributed by atoms with Crippen molar-refractivity contribution in [3.8, 4) is 0 Å². The van der Waals surface area contributed by atoms with Crippen LogP contribution in [0.4, 0.5) is 15.8 Å². The number of hydrogen-bond donors (Lipinski definition) is 2. The van der Waals surface area contributed by atoms with Crippen molar-refractivity contribution in [3.63, 3.8) is 0 Å². The maximum absolute atomic E-state index is 13.0. The van der Waals surface area contributed by atoms with Gasteiger partial charge in [0.25, 0.3) is 0 Å². The third-order valence-corrected chi connectivity index (χ3v) is 3.55. The molecule has 0 aliphatic heterocycles. The summed E-state index contributed by atoms with van der Waals surface area (Å²) in [7, 11) is 1.84. The number of nitrogens with two attached hydrogens (primary N) is 1. The normalized spacial score (nSPS) is 10.5. The Hall–Kier alpha value is -2.09. The van der Waals surface area contributed by atoms with E-state index in [1.54, 1.807) is 10.9 Å². The van der Waals surface area contributed by atoms with Gasteiger partial charge in [-0.2, -0.15) is 0 Å². The molecule has 0 spiro atoms. The van der Waals surface area contributed by atoms with Gasteiger partial charge in [-0.05, 0) is 18.2 Å². The maximum atomic E-state index is 13.0. The van der Waals surface area contributed by atoms with Gasteiger partial charge in [0.1, 0.15) is 12.1 Å². The molecular weight excluding hydrogens is 281 g/mol. The lowest BCUT2D eigenvalue weighted by molar-refractivity contribution is -0.115. The smallest absolute Gasteiger partial charge is 0.225 e. The second-order valence-electron chi connectivity index (χ2n) is 4.11. The van der Waals surface area contributed by atoms with Crippen LogP contribution in [-0.4, -0.2) is 26.4 Å². The van der Waals surface area contributed by atoms with Gasteiger partial charge in [-0.3, -0.25) is 4.79 Å². The van der Waals surface area contributed by atoms with Crippen LogP contribution in [0.25, 0.3) is 0 Å². The number of nitrogens with zero attached hydrogens (tertiary/aromatic N) is 3. The number of nitrogens with one attached hydrogen (secondary N) is 1. The lowest BCUT2D eigenvalue weighted by atomic mass is 10.2. The molecule has 2 aromatic rings. The quantitative estimate of drug-likeness (QED) is 0.647. The van der Waals surface area contributed by atoms with Crippen LogP contribution in [0.15, 0.2) is 29.7 Å². The van der Waals surface area contributed by atoms with Crippen LogP contribution in [0.5, 0.6) is 0 Å². The van der Waals surface area contributed by atoms with Gasteiger partial charge in [0, 0.05) is 24.9 Å². The number of anilines is 2. The average Bonchev–Trinajstić information content (AvgIpc) is 2.80. The molecular formula is C12H14FN5OS. The molecule has 20 heavy (non-hydrogen) atoms. The number of thioether (sulfide) groups is 1. The van der Waals surface area contributed by atoms with E-state index in [-0.39, 0.29) is 11.6 Å². The number of hydrogen-bond acceptors (Lipinski definition) is 5. The van der Waals surface area contributed by atoms with E-state index in [0.29, 0.717) is 17.9 Å². The minimum atomic E-state index is -0.499. The van der Waals surface area contributed by atoms with Gasteiger partial charge in [0.05, 0.1) is 5.69 Å². The minimum Gasteiger partial charge on any atom is -0.396 e. The summed E-state index contributed by atoms with van der Waals surface area (Å²) >= 11 is 1.44. The molecule has 0 fully saturated rings. The lowest BCUT2D eigenvalue weighted by Crippen LogP contribution is -2.12. The van der Waals surface area contributed by atoms with E-state index >= 15 is 0 Å². The van der Waals surface area contributed by atoms with Gasteiger partial charge in [0.15, 0.2) is 5.16 Å². The summed E-state index contributed by atoms with van der Waals surface area (Å²) in [5.74, 6) is -0.0822. The van der Waals surface area contributed by atoms with Crippen molar-refractivity contribution >= 4 is 29.0 Å². The summed E-state index contributed by atoms with van der Waals surface area (Å²) in [5, 5.41) is 11.1. The largest absolute Gasteiger partial charge is 0.396 e. The molecule has 6 nitrogen and oxygen atoms in total. The highest BCUT2D eigenvalue weighted by Gasteiger charge is 2.07. The Bertz CT molecular complexity index is 616. The zero-order chi connectivity index (χ0) is 14.5. The molecule has 0 saturated heterocycles. The maximum Gasteiger partial charge on any atom is 0.225 e. The average molecular weight is 295 g/mol. The first-order valence-corrected chi connectivity index (χ1v) is 6.86. The molecule has 3 N–H and O–H groups in total. The fourth-order valence-corrected chi connectivity index (χ4v) is 2.31. The van der Waals surface area contributed by atoms with Crippen molar-refractivity contribution in [2.45, 2.75) is 11.6 Å². The highest BCUT2D eigenvalue weighted by Crippen LogP contribution is 2.18. The molecule has 0 saturated carbocycles. The minimum absolute atomic E-state index is 0.0104. The van der Waals surface area contributed by atoms with Gasteiger partial charge in [-0.25, -0.2) is 4.39 Å². The van der Waals surface area contributed by atoms with Crippen LogP contribution >= 0.6 is 11.8 Å². The highest BCUT2D eigenvalue weighted by molar-refractivity contribution is 7.99. The molecule has 8 heteroatoms. The van der Waals surface area contributed by atoms with Crippen LogP contribution < -0.4 is 11.1 Å². The number of carbonyl (C=O) groups excluding carboxylic acids is 1. The van der Waals surface area contributed by atoms with E-state index in [4.69, 9.17) is 5.73 Å². The van der Waals surface area contributed by atoms with E-state index in [1.165, 1.54) is 30.0 Å². The van der Waals surface area contributed by atoms with Crippen LogP contribution in [-0.2, 0) is 11.8 Å². The third kappa shape index (κ3) is 3.70. The van der Waals surface area contributed by atoms with Crippen LogP contribution in [0.3, 0.4) is 0 Å². The number of halogens is 1. The molecule has 1 heterocycles. The SMILES string of the molecule is Cn1cnnc1SCCC(=O)Nc1ccc(F)c(N)c1. The van der Waals surface area contributed by atoms with Crippen LogP contribution in [0.1, 0.15) is 6.42 Å². The molecule has 2 rings (SSSR count). The number of rotatable bonds is 5. The van der Waals surface area contributed by atoms with Crippen molar-refractivity contribution in [2.75, 3.05) is 16.8 Å². The van der Waals surface area contributed by atoms with Crippen molar-refractivity contribution in [2.24, 2.45) is 7.05 Å². The van der Waals surface area contributed by atoms with Gasteiger partial charge in [0.2, 0.25) is 5.91 Å². The zero-order valence-electron chi connectivity index (χ0n) is 10.8. The lowest BCUT2D eigenvalue weighted by Gasteiger charge is -2.06. The predicted molar refractivity (Wildman–Crippen MR) is 75.8 cm³/mol. The summed E-state index contributed by atoms with van der Waals surface area (Å²) in [6.07, 6.45) is 1.92. The summed E-state index contributed by atoms with van der Waals surface area (Å²) < 4.78 is 14.8. The summed E-state index contributed by atoms with van der Waals surface area (Å²) in [5.41, 5.74) is 5.92. The van der Waals surface area contributed by atoms with E-state index in [9.17, 15) is 9.18 Å². The molecule has 0 radical (unpaired) electrons. The van der Waals surface area contributed by atoms with Crippen molar-refractivity contribution in [1.29, 1.82) is 0 Å². The topological polar surface area (TPSA) is 85.8 Å². The Morgan fingerprint density at radius 3 is 3.00 bits per heavy atom. The Labute approximate surface area is 119 Å². The Morgan fingerprint density at radius 1 is 1.55 bits per heavy atom. The van der Waals surface area contributed by atoms with E-state index < -0.39 is 5.82 Å². The van der Waals surface area contributed by atoms with Gasteiger partial charge in [-0.1, -0.05) is 11.8 Å². The number of carbonyl (C=O) groups is 1. The van der Waals surface area contributed by atoms with Crippen LogP contribution in [0.2, 0.25) is 0 Å². The molecule has 0 bridgehead atoms. The first-order chi connectivity index (χ1) is 9.56. The van der Waals surface area contributed by atoms with Crippen LogP contribution in [0, 0.1) is 5.82 Å². The summed E-state index contributed by atoms with van der Waals surface area (Å²) in [4.78, 5) is 11.7. The standard InChI is InChI=1S/C12H14FN5OS/c1-18-7-15-17-12(18)20-5-4-11(19)16-8-2-3-9(13)10(14)6-8/h2-3,6-7H,4-5,14H2,1H3,(H,16,19). The fourth-order valence-electron chi connectivity index (χ4n) is 1.48. The Balaban J connectivity index is 1.80. The number of aromatic nitrogens is 3. The van der Waals surface area contributed by atoms with Gasteiger partial charge >= 0.3 is 0 Å². The monoisotopic (exact) mass is 295 g/mol. The van der Waals surface area contributed by atoms with Crippen molar-refractivity contribution < 1.29 is 9.18 Å². The number of benzene rings is 1. The van der Waals surface area contributed by atoms with Gasteiger partial charge < -0.3 is 15.6 Å². The first-order valence-electron chi connectivity index (χ1n) is 5.88. The molecule has 0 atom stereocenters. The zero-order valence-corrected chi connectivity index (χ0v) is 11.7. The van der Waals surface area contributed by atoms with Crippen molar-refractivity contribution in [3.05, 3.63) is 30.3 Å². The van der Waals surface area contributed by atoms with Gasteiger partial charge in [-0.15, -0.1) is 10.2 Å². The molecule has 1 aromatic heterocycles. The third-order valence-electron chi connectivity index (χ3n) is 2.51. The van der Waals surface area contributed by atoms with Crippen molar-refractivity contribution in [1.82, 2.24) is 14.8 Å². The van der Waals surface area contributed by atoms with E-state index in [2.05, 4.69) is 15.5 Å². The second kappa shape index (κ2) is 6.38. The number of nitrogen functional groups attached to an aromatic ring is 1. The molecule has 1 amide bonds. The molecule has 0 aliphatic carbocycles. The molecule has 0 unspecified atom stereocenters.